The summed E-state index contributed by atoms with van der Waals surface area (Å²) in [5.74, 6) is 0.750. The van der Waals surface area contributed by atoms with E-state index in [2.05, 4.69) is 27.8 Å². The third kappa shape index (κ3) is 2.43. The molecule has 1 fully saturated rings. The second-order valence-electron chi connectivity index (χ2n) is 4.27. The van der Waals surface area contributed by atoms with Crippen molar-refractivity contribution in [3.8, 4) is 0 Å². The van der Waals surface area contributed by atoms with Gasteiger partial charge in [-0.3, -0.25) is 9.78 Å². The van der Waals surface area contributed by atoms with Crippen LogP contribution in [0.3, 0.4) is 0 Å². The van der Waals surface area contributed by atoms with Crippen molar-refractivity contribution in [3.05, 3.63) is 30.1 Å². The minimum Gasteiger partial charge on any atom is -0.338 e. The minimum atomic E-state index is 0.110. The van der Waals surface area contributed by atoms with E-state index in [4.69, 9.17) is 0 Å². The third-order valence-electron chi connectivity index (χ3n) is 3.08. The molecule has 0 aliphatic carbocycles. The Morgan fingerprint density at radius 2 is 2.19 bits per heavy atom. The standard InChI is InChI=1S/C12H15BrN2O/c1-9-4-7-15(8-11(9)13)12(16)10-2-5-14-6-3-10/h2-3,5-6,9,11H,4,7-8H2,1H3. The largest absolute Gasteiger partial charge is 0.338 e. The van der Waals surface area contributed by atoms with Crippen LogP contribution in [0.5, 0.6) is 0 Å². The van der Waals surface area contributed by atoms with Gasteiger partial charge < -0.3 is 4.90 Å². The number of piperidine rings is 1. The molecule has 2 rings (SSSR count). The van der Waals surface area contributed by atoms with Gasteiger partial charge in [-0.15, -0.1) is 0 Å². The molecule has 0 radical (unpaired) electrons. The number of alkyl halides is 1. The molecule has 0 spiro atoms. The smallest absolute Gasteiger partial charge is 0.253 e. The number of hydrogen-bond donors (Lipinski definition) is 0. The molecule has 0 N–H and O–H groups in total. The van der Waals surface area contributed by atoms with Gasteiger partial charge in [0.15, 0.2) is 0 Å². The van der Waals surface area contributed by atoms with Gasteiger partial charge in [0.05, 0.1) is 0 Å². The first-order valence-electron chi connectivity index (χ1n) is 5.52. The number of aromatic nitrogens is 1. The predicted molar refractivity (Wildman–Crippen MR) is 66.6 cm³/mol. The first kappa shape index (κ1) is 11.6. The van der Waals surface area contributed by atoms with Gasteiger partial charge in [0.1, 0.15) is 0 Å². The molecule has 1 aromatic heterocycles. The molecule has 1 amide bonds. The topological polar surface area (TPSA) is 33.2 Å². The summed E-state index contributed by atoms with van der Waals surface area (Å²) in [6.45, 7) is 3.86. The molecule has 4 heteroatoms. The van der Waals surface area contributed by atoms with E-state index in [1.54, 1.807) is 24.5 Å². The quantitative estimate of drug-likeness (QED) is 0.741. The lowest BCUT2D eigenvalue weighted by Crippen LogP contribution is -2.43. The van der Waals surface area contributed by atoms with Crippen LogP contribution in [0.25, 0.3) is 0 Å². The second kappa shape index (κ2) is 4.95. The molecule has 2 atom stereocenters. The van der Waals surface area contributed by atoms with E-state index >= 15 is 0 Å². The molecule has 86 valence electrons. The number of nitrogens with zero attached hydrogens (tertiary/aromatic N) is 2. The number of carbonyl (C=O) groups is 1. The highest BCUT2D eigenvalue weighted by Gasteiger charge is 2.27. The van der Waals surface area contributed by atoms with E-state index in [1.807, 2.05) is 4.90 Å². The van der Waals surface area contributed by atoms with Crippen LogP contribution in [0.15, 0.2) is 24.5 Å². The van der Waals surface area contributed by atoms with E-state index in [1.165, 1.54) is 0 Å². The zero-order chi connectivity index (χ0) is 11.5. The maximum atomic E-state index is 12.1. The summed E-state index contributed by atoms with van der Waals surface area (Å²) in [5.41, 5.74) is 0.726. The van der Waals surface area contributed by atoms with Gasteiger partial charge in [0.2, 0.25) is 0 Å². The number of hydrogen-bond acceptors (Lipinski definition) is 2. The Hall–Kier alpha value is -0.900. The average Bonchev–Trinajstić information content (AvgIpc) is 2.33. The van der Waals surface area contributed by atoms with Crippen molar-refractivity contribution in [2.75, 3.05) is 13.1 Å². The Labute approximate surface area is 104 Å². The van der Waals surface area contributed by atoms with Crippen LogP contribution >= 0.6 is 15.9 Å². The summed E-state index contributed by atoms with van der Waals surface area (Å²) in [5, 5.41) is 0. The van der Waals surface area contributed by atoms with Gasteiger partial charge in [-0.2, -0.15) is 0 Å². The molecule has 1 aromatic rings. The van der Waals surface area contributed by atoms with Gasteiger partial charge in [-0.05, 0) is 24.5 Å². The lowest BCUT2D eigenvalue weighted by atomic mass is 9.98. The van der Waals surface area contributed by atoms with Crippen LogP contribution < -0.4 is 0 Å². The fourth-order valence-corrected chi connectivity index (χ4v) is 2.50. The van der Waals surface area contributed by atoms with Crippen LogP contribution in [0.4, 0.5) is 0 Å². The summed E-state index contributed by atoms with van der Waals surface area (Å²) in [4.78, 5) is 18.4. The molecule has 1 aliphatic heterocycles. The molecule has 2 heterocycles. The number of rotatable bonds is 1. The molecule has 1 aliphatic rings. The Balaban J connectivity index is 2.06. The first-order valence-corrected chi connectivity index (χ1v) is 6.43. The highest BCUT2D eigenvalue weighted by atomic mass is 79.9. The number of pyridine rings is 1. The van der Waals surface area contributed by atoms with Crippen LogP contribution in [0, 0.1) is 5.92 Å². The van der Waals surface area contributed by atoms with E-state index in [0.717, 1.165) is 25.1 Å². The van der Waals surface area contributed by atoms with Crippen LogP contribution in [-0.4, -0.2) is 33.7 Å². The Morgan fingerprint density at radius 3 is 2.81 bits per heavy atom. The number of carbonyl (C=O) groups excluding carboxylic acids is 1. The van der Waals surface area contributed by atoms with Crippen LogP contribution in [0.1, 0.15) is 23.7 Å². The van der Waals surface area contributed by atoms with E-state index in [0.29, 0.717) is 10.7 Å². The summed E-state index contributed by atoms with van der Waals surface area (Å²) < 4.78 is 0. The molecular weight excluding hydrogens is 268 g/mol. The Bertz CT molecular complexity index is 369. The van der Waals surface area contributed by atoms with Crippen molar-refractivity contribution >= 4 is 21.8 Å². The van der Waals surface area contributed by atoms with Crippen molar-refractivity contribution in [2.45, 2.75) is 18.2 Å². The lowest BCUT2D eigenvalue weighted by molar-refractivity contribution is 0.0706. The summed E-state index contributed by atoms with van der Waals surface area (Å²) in [6.07, 6.45) is 4.38. The van der Waals surface area contributed by atoms with E-state index < -0.39 is 0 Å². The monoisotopic (exact) mass is 282 g/mol. The van der Waals surface area contributed by atoms with E-state index in [-0.39, 0.29) is 5.91 Å². The number of halogens is 1. The van der Waals surface area contributed by atoms with Crippen molar-refractivity contribution < 1.29 is 4.79 Å². The molecule has 16 heavy (non-hydrogen) atoms. The van der Waals surface area contributed by atoms with Crippen molar-refractivity contribution in [3.63, 3.8) is 0 Å². The lowest BCUT2D eigenvalue weighted by Gasteiger charge is -2.34. The van der Waals surface area contributed by atoms with Crippen LogP contribution in [-0.2, 0) is 0 Å². The van der Waals surface area contributed by atoms with Crippen molar-refractivity contribution in [1.82, 2.24) is 9.88 Å². The highest BCUT2D eigenvalue weighted by molar-refractivity contribution is 9.09. The molecule has 0 saturated carbocycles. The predicted octanol–water partition coefficient (Wildman–Crippen LogP) is 2.33. The average molecular weight is 283 g/mol. The Kier molecular flexibility index (Phi) is 3.59. The fourth-order valence-electron chi connectivity index (χ4n) is 1.88. The van der Waals surface area contributed by atoms with Gasteiger partial charge in [-0.25, -0.2) is 0 Å². The van der Waals surface area contributed by atoms with Gasteiger partial charge >= 0.3 is 0 Å². The molecular formula is C12H15BrN2O. The maximum absolute atomic E-state index is 12.1. The van der Waals surface area contributed by atoms with E-state index in [9.17, 15) is 4.79 Å². The fraction of sp³-hybridized carbons (Fsp3) is 0.500. The summed E-state index contributed by atoms with van der Waals surface area (Å²) in [7, 11) is 0. The third-order valence-corrected chi connectivity index (χ3v) is 4.27. The van der Waals surface area contributed by atoms with Crippen molar-refractivity contribution in [2.24, 2.45) is 5.92 Å². The summed E-state index contributed by atoms with van der Waals surface area (Å²) >= 11 is 3.63. The van der Waals surface area contributed by atoms with Gasteiger partial charge in [0.25, 0.3) is 5.91 Å². The number of amides is 1. The number of likely N-dealkylation sites (tertiary alicyclic amines) is 1. The zero-order valence-electron chi connectivity index (χ0n) is 9.27. The summed E-state index contributed by atoms with van der Waals surface area (Å²) in [6, 6.07) is 3.53. The first-order chi connectivity index (χ1) is 7.68. The molecule has 2 unspecified atom stereocenters. The molecule has 0 bridgehead atoms. The second-order valence-corrected chi connectivity index (χ2v) is 5.45. The molecule has 1 saturated heterocycles. The maximum Gasteiger partial charge on any atom is 0.253 e. The zero-order valence-corrected chi connectivity index (χ0v) is 10.9. The normalized spacial score (nSPS) is 25.5. The minimum absolute atomic E-state index is 0.110. The van der Waals surface area contributed by atoms with Gasteiger partial charge in [-0.1, -0.05) is 22.9 Å². The SMILES string of the molecule is CC1CCN(C(=O)c2ccncc2)CC1Br. The van der Waals surface area contributed by atoms with Crippen molar-refractivity contribution in [1.29, 1.82) is 0 Å². The highest BCUT2D eigenvalue weighted by Crippen LogP contribution is 2.24. The van der Waals surface area contributed by atoms with Crippen LogP contribution in [0.2, 0.25) is 0 Å². The molecule has 0 aromatic carbocycles. The van der Waals surface area contributed by atoms with Gasteiger partial charge in [0, 0.05) is 35.9 Å². The molecule has 3 nitrogen and oxygen atoms in total. The Morgan fingerprint density at radius 1 is 1.50 bits per heavy atom.